The number of hydrogen-bond acceptors (Lipinski definition) is 4. The summed E-state index contributed by atoms with van der Waals surface area (Å²) in [5, 5.41) is 3.57. The molecule has 0 saturated heterocycles. The molecule has 0 bridgehead atoms. The van der Waals surface area contributed by atoms with Gasteiger partial charge in [0.25, 0.3) is 5.91 Å². The molecule has 1 atom stereocenters. The van der Waals surface area contributed by atoms with Crippen molar-refractivity contribution in [2.45, 2.75) is 18.9 Å². The molecule has 1 amide bonds. The van der Waals surface area contributed by atoms with Crippen LogP contribution < -0.4 is 19.5 Å². The first-order chi connectivity index (χ1) is 14.6. The smallest absolute Gasteiger partial charge is 0.253 e. The van der Waals surface area contributed by atoms with Gasteiger partial charge in [-0.2, -0.15) is 0 Å². The lowest BCUT2D eigenvalue weighted by molar-refractivity contribution is 0.0937. The number of hydrogen-bond donors (Lipinski definition) is 1. The van der Waals surface area contributed by atoms with Gasteiger partial charge in [0.15, 0.2) is 11.5 Å². The Balaban J connectivity index is 1.55. The summed E-state index contributed by atoms with van der Waals surface area (Å²) in [6, 6.07) is 20.6. The first kappa shape index (κ1) is 20.1. The lowest BCUT2D eigenvalue weighted by atomic mass is 9.98. The van der Waals surface area contributed by atoms with Crippen molar-refractivity contribution in [3.8, 4) is 17.2 Å². The van der Waals surface area contributed by atoms with E-state index in [1.54, 1.807) is 31.4 Å². The summed E-state index contributed by atoms with van der Waals surface area (Å²) in [4.78, 5) is 12.9. The van der Waals surface area contributed by atoms with Crippen molar-refractivity contribution in [1.82, 2.24) is 5.32 Å². The van der Waals surface area contributed by atoms with Gasteiger partial charge in [-0.05, 0) is 60.4 Å². The molecule has 3 aromatic rings. The first-order valence-corrected chi connectivity index (χ1v) is 10.1. The number of carbonyl (C=O) groups is 1. The molecule has 3 aromatic carbocycles. The molecule has 1 heterocycles. The third-order valence-corrected chi connectivity index (χ3v) is 5.34. The van der Waals surface area contributed by atoms with Gasteiger partial charge in [0.1, 0.15) is 5.75 Å². The molecule has 0 fully saturated rings. The third kappa shape index (κ3) is 4.69. The summed E-state index contributed by atoms with van der Waals surface area (Å²) >= 11 is 6.22. The van der Waals surface area contributed by atoms with Crippen LogP contribution in [0.2, 0.25) is 5.02 Å². The van der Waals surface area contributed by atoms with Gasteiger partial charge in [-0.25, -0.2) is 0 Å². The maximum absolute atomic E-state index is 12.9. The second-order valence-corrected chi connectivity index (χ2v) is 7.50. The molecule has 0 unspecified atom stereocenters. The lowest BCUT2D eigenvalue weighted by Crippen LogP contribution is -2.38. The van der Waals surface area contributed by atoms with Gasteiger partial charge in [-0.15, -0.1) is 0 Å². The minimum atomic E-state index is -0.195. The van der Waals surface area contributed by atoms with E-state index in [9.17, 15) is 4.79 Å². The van der Waals surface area contributed by atoms with Crippen LogP contribution in [0.3, 0.4) is 0 Å². The standard InChI is InChI=1S/C24H22ClNO4/c1-28-19-9-6-16(7-10-19)12-18(26-24(27)20-4-2-3-5-21(20)25)13-17-8-11-22-23(14-17)30-15-29-22/h2-11,14,18H,12-13,15H2,1H3,(H,26,27)/t18-/m1/s1. The number of benzene rings is 3. The molecule has 5 nitrogen and oxygen atoms in total. The van der Waals surface area contributed by atoms with Crippen LogP contribution >= 0.6 is 11.6 Å². The SMILES string of the molecule is COc1ccc(C[C@H](Cc2ccc3c(c2)OCO3)NC(=O)c2ccccc2Cl)cc1. The maximum atomic E-state index is 12.9. The lowest BCUT2D eigenvalue weighted by Gasteiger charge is -2.20. The van der Waals surface area contributed by atoms with Crippen LogP contribution in [0.4, 0.5) is 0 Å². The van der Waals surface area contributed by atoms with Gasteiger partial charge >= 0.3 is 0 Å². The van der Waals surface area contributed by atoms with Crippen molar-refractivity contribution in [3.05, 3.63) is 88.4 Å². The zero-order valence-electron chi connectivity index (χ0n) is 16.6. The highest BCUT2D eigenvalue weighted by Crippen LogP contribution is 2.33. The molecule has 1 aliphatic heterocycles. The topological polar surface area (TPSA) is 56.8 Å². The summed E-state index contributed by atoms with van der Waals surface area (Å²) in [5.74, 6) is 2.07. The van der Waals surface area contributed by atoms with Crippen LogP contribution in [0, 0.1) is 0 Å². The Morgan fingerprint density at radius 1 is 1.00 bits per heavy atom. The summed E-state index contributed by atoms with van der Waals surface area (Å²) in [5.41, 5.74) is 2.61. The van der Waals surface area contributed by atoms with Crippen LogP contribution in [-0.2, 0) is 12.8 Å². The van der Waals surface area contributed by atoms with Crippen molar-refractivity contribution in [2.75, 3.05) is 13.9 Å². The van der Waals surface area contributed by atoms with E-state index >= 15 is 0 Å². The van der Waals surface area contributed by atoms with Gasteiger partial charge in [-0.1, -0.05) is 41.9 Å². The molecule has 30 heavy (non-hydrogen) atoms. The average Bonchev–Trinajstić information content (AvgIpc) is 3.22. The Labute approximate surface area is 180 Å². The molecule has 1 aliphatic rings. The predicted molar refractivity (Wildman–Crippen MR) is 116 cm³/mol. The van der Waals surface area contributed by atoms with E-state index in [1.807, 2.05) is 42.5 Å². The van der Waals surface area contributed by atoms with Crippen molar-refractivity contribution in [3.63, 3.8) is 0 Å². The Kier molecular flexibility index (Phi) is 6.10. The molecule has 0 spiro atoms. The predicted octanol–water partition coefficient (Wildman–Crippen LogP) is 4.66. The van der Waals surface area contributed by atoms with E-state index in [-0.39, 0.29) is 18.7 Å². The van der Waals surface area contributed by atoms with Crippen molar-refractivity contribution >= 4 is 17.5 Å². The molecule has 0 aliphatic carbocycles. The largest absolute Gasteiger partial charge is 0.497 e. The third-order valence-electron chi connectivity index (χ3n) is 5.01. The van der Waals surface area contributed by atoms with Crippen LogP contribution in [-0.4, -0.2) is 25.9 Å². The van der Waals surface area contributed by atoms with Crippen LogP contribution in [0.15, 0.2) is 66.7 Å². The Morgan fingerprint density at radius 3 is 2.47 bits per heavy atom. The molecule has 1 N–H and O–H groups in total. The van der Waals surface area contributed by atoms with E-state index in [0.717, 1.165) is 28.4 Å². The van der Waals surface area contributed by atoms with E-state index in [2.05, 4.69) is 5.32 Å². The van der Waals surface area contributed by atoms with Crippen molar-refractivity contribution in [2.24, 2.45) is 0 Å². The second-order valence-electron chi connectivity index (χ2n) is 7.09. The Hall–Kier alpha value is -3.18. The second kappa shape index (κ2) is 9.09. The number of fused-ring (bicyclic) bond motifs is 1. The number of methoxy groups -OCH3 is 1. The molecule has 6 heteroatoms. The number of nitrogens with one attached hydrogen (secondary N) is 1. The number of carbonyl (C=O) groups excluding carboxylic acids is 1. The van der Waals surface area contributed by atoms with E-state index in [4.69, 9.17) is 25.8 Å². The molecule has 4 rings (SSSR count). The highest BCUT2D eigenvalue weighted by atomic mass is 35.5. The fourth-order valence-electron chi connectivity index (χ4n) is 3.48. The highest BCUT2D eigenvalue weighted by molar-refractivity contribution is 6.33. The molecule has 0 radical (unpaired) electrons. The van der Waals surface area contributed by atoms with Crippen LogP contribution in [0.25, 0.3) is 0 Å². The first-order valence-electron chi connectivity index (χ1n) is 9.69. The minimum absolute atomic E-state index is 0.137. The van der Waals surface area contributed by atoms with Gasteiger partial charge in [0.05, 0.1) is 17.7 Å². The van der Waals surface area contributed by atoms with E-state index < -0.39 is 0 Å². The zero-order chi connectivity index (χ0) is 20.9. The van der Waals surface area contributed by atoms with Gasteiger partial charge in [0, 0.05) is 6.04 Å². The van der Waals surface area contributed by atoms with Gasteiger partial charge < -0.3 is 19.5 Å². The van der Waals surface area contributed by atoms with E-state index in [0.29, 0.717) is 23.4 Å². The molecular formula is C24H22ClNO4. The highest BCUT2D eigenvalue weighted by Gasteiger charge is 2.19. The summed E-state index contributed by atoms with van der Waals surface area (Å²) in [7, 11) is 1.64. The fraction of sp³-hybridized carbons (Fsp3) is 0.208. The molecule has 0 aromatic heterocycles. The number of rotatable bonds is 7. The quantitative estimate of drug-likeness (QED) is 0.600. The number of amides is 1. The van der Waals surface area contributed by atoms with Crippen molar-refractivity contribution in [1.29, 1.82) is 0 Å². The Morgan fingerprint density at radius 2 is 1.70 bits per heavy atom. The number of ether oxygens (including phenoxy) is 3. The van der Waals surface area contributed by atoms with E-state index in [1.165, 1.54) is 0 Å². The molecule has 154 valence electrons. The van der Waals surface area contributed by atoms with Gasteiger partial charge in [0.2, 0.25) is 6.79 Å². The molecule has 0 saturated carbocycles. The van der Waals surface area contributed by atoms with Crippen LogP contribution in [0.1, 0.15) is 21.5 Å². The normalized spacial score (nSPS) is 13.0. The summed E-state index contributed by atoms with van der Waals surface area (Å²) < 4.78 is 16.1. The Bertz CT molecular complexity index is 1040. The van der Waals surface area contributed by atoms with Crippen molar-refractivity contribution < 1.29 is 19.0 Å². The molecular weight excluding hydrogens is 402 g/mol. The maximum Gasteiger partial charge on any atom is 0.253 e. The van der Waals surface area contributed by atoms with Gasteiger partial charge in [-0.3, -0.25) is 4.79 Å². The summed E-state index contributed by atoms with van der Waals surface area (Å²) in [6.07, 6.45) is 1.30. The minimum Gasteiger partial charge on any atom is -0.497 e. The fourth-order valence-corrected chi connectivity index (χ4v) is 3.70. The number of halogens is 1. The van der Waals surface area contributed by atoms with Crippen LogP contribution in [0.5, 0.6) is 17.2 Å². The monoisotopic (exact) mass is 423 g/mol. The summed E-state index contributed by atoms with van der Waals surface area (Å²) in [6.45, 7) is 0.233. The average molecular weight is 424 g/mol. The zero-order valence-corrected chi connectivity index (χ0v) is 17.3.